The van der Waals surface area contributed by atoms with E-state index in [0.717, 1.165) is 37.3 Å². The van der Waals surface area contributed by atoms with Gasteiger partial charge in [-0.15, -0.1) is 0 Å². The Kier molecular flexibility index (Phi) is 3.97. The number of aliphatic hydroxyl groups excluding tert-OH is 1. The Bertz CT molecular complexity index is 367. The number of rotatable bonds is 3. The first kappa shape index (κ1) is 12.3. The van der Waals surface area contributed by atoms with E-state index in [2.05, 4.69) is 9.88 Å². The number of anilines is 1. The van der Waals surface area contributed by atoms with Gasteiger partial charge in [0.25, 0.3) is 0 Å². The highest BCUT2D eigenvalue weighted by Crippen LogP contribution is 2.26. The van der Waals surface area contributed by atoms with Gasteiger partial charge < -0.3 is 15.7 Å². The Morgan fingerprint density at radius 1 is 1.65 bits per heavy atom. The highest BCUT2D eigenvalue weighted by atomic mass is 16.3. The summed E-state index contributed by atoms with van der Waals surface area (Å²) in [5, 5.41) is 9.26. The van der Waals surface area contributed by atoms with Crippen LogP contribution in [0.15, 0.2) is 18.3 Å². The van der Waals surface area contributed by atoms with Gasteiger partial charge in [0.1, 0.15) is 5.82 Å². The van der Waals surface area contributed by atoms with E-state index in [-0.39, 0.29) is 12.6 Å². The van der Waals surface area contributed by atoms with Crippen LogP contribution in [0.1, 0.15) is 31.4 Å². The van der Waals surface area contributed by atoms with Gasteiger partial charge in [-0.1, -0.05) is 6.07 Å². The van der Waals surface area contributed by atoms with Crippen molar-refractivity contribution in [2.75, 3.05) is 24.6 Å². The molecule has 0 aromatic carbocycles. The van der Waals surface area contributed by atoms with Crippen LogP contribution in [-0.4, -0.2) is 29.8 Å². The fourth-order valence-corrected chi connectivity index (χ4v) is 2.44. The van der Waals surface area contributed by atoms with Gasteiger partial charge >= 0.3 is 0 Å². The predicted molar refractivity (Wildman–Crippen MR) is 68.9 cm³/mol. The van der Waals surface area contributed by atoms with E-state index in [4.69, 9.17) is 5.73 Å². The van der Waals surface area contributed by atoms with Crippen LogP contribution >= 0.6 is 0 Å². The monoisotopic (exact) mass is 235 g/mol. The summed E-state index contributed by atoms with van der Waals surface area (Å²) in [6.45, 7) is 4.13. The number of hydrogen-bond acceptors (Lipinski definition) is 4. The molecule has 2 rings (SSSR count). The second-order valence-electron chi connectivity index (χ2n) is 4.84. The molecule has 2 atom stereocenters. The Morgan fingerprint density at radius 2 is 2.47 bits per heavy atom. The molecule has 1 aromatic rings. The average Bonchev–Trinajstić information content (AvgIpc) is 2.39. The molecule has 94 valence electrons. The average molecular weight is 235 g/mol. The third-order valence-corrected chi connectivity index (χ3v) is 3.38. The molecule has 1 aromatic heterocycles. The van der Waals surface area contributed by atoms with Gasteiger partial charge in [0.2, 0.25) is 0 Å². The Labute approximate surface area is 102 Å². The van der Waals surface area contributed by atoms with Gasteiger partial charge in [-0.3, -0.25) is 0 Å². The molecule has 0 spiro atoms. The summed E-state index contributed by atoms with van der Waals surface area (Å²) in [4.78, 5) is 6.71. The van der Waals surface area contributed by atoms with Crippen LogP contribution in [0.25, 0.3) is 0 Å². The fourth-order valence-electron chi connectivity index (χ4n) is 2.44. The van der Waals surface area contributed by atoms with Crippen LogP contribution in [0.4, 0.5) is 5.82 Å². The maximum Gasteiger partial charge on any atom is 0.133 e. The molecular formula is C13H21N3O. The van der Waals surface area contributed by atoms with E-state index in [1.165, 1.54) is 0 Å². The number of nitrogens with zero attached hydrogens (tertiary/aromatic N) is 2. The zero-order valence-electron chi connectivity index (χ0n) is 10.3. The predicted octanol–water partition coefficient (Wildman–Crippen LogP) is 1.31. The summed E-state index contributed by atoms with van der Waals surface area (Å²) in [6, 6.07) is 3.96. The number of aliphatic hydroxyl groups is 1. The summed E-state index contributed by atoms with van der Waals surface area (Å²) in [5.41, 5.74) is 7.06. The van der Waals surface area contributed by atoms with Crippen LogP contribution in [0.2, 0.25) is 0 Å². The molecule has 0 bridgehead atoms. The molecular weight excluding hydrogens is 214 g/mol. The molecule has 4 nitrogen and oxygen atoms in total. The Morgan fingerprint density at radius 3 is 3.18 bits per heavy atom. The first-order valence-corrected chi connectivity index (χ1v) is 6.28. The van der Waals surface area contributed by atoms with E-state index < -0.39 is 0 Å². The molecule has 0 amide bonds. The summed E-state index contributed by atoms with van der Waals surface area (Å²) in [5.74, 6) is 1.35. The third-order valence-electron chi connectivity index (χ3n) is 3.38. The number of pyridine rings is 1. The van der Waals surface area contributed by atoms with Crippen molar-refractivity contribution in [2.45, 2.75) is 25.8 Å². The van der Waals surface area contributed by atoms with E-state index in [1.807, 2.05) is 25.3 Å². The van der Waals surface area contributed by atoms with Crippen molar-refractivity contribution in [3.63, 3.8) is 0 Å². The summed E-state index contributed by atoms with van der Waals surface area (Å²) >= 11 is 0. The first-order chi connectivity index (χ1) is 8.22. The Hall–Kier alpha value is -1.13. The van der Waals surface area contributed by atoms with Crippen molar-refractivity contribution in [3.8, 4) is 0 Å². The van der Waals surface area contributed by atoms with Crippen LogP contribution in [0.3, 0.4) is 0 Å². The van der Waals surface area contributed by atoms with Crippen molar-refractivity contribution in [1.29, 1.82) is 0 Å². The maximum absolute atomic E-state index is 9.26. The number of nitrogens with two attached hydrogens (primary N) is 1. The lowest BCUT2D eigenvalue weighted by molar-refractivity contribution is 0.208. The van der Waals surface area contributed by atoms with Crippen molar-refractivity contribution < 1.29 is 5.11 Å². The van der Waals surface area contributed by atoms with E-state index >= 15 is 0 Å². The minimum atomic E-state index is -0.00629. The lowest BCUT2D eigenvalue weighted by Gasteiger charge is -2.34. The molecule has 0 aliphatic carbocycles. The standard InChI is InChI=1S/C13H21N3O/c1-10(14)12-5-2-6-15-13(12)16-7-3-4-11(8-16)9-17/h2,5-6,10-11,17H,3-4,7-9,14H2,1H3/t10-,11?/m0/s1. The second kappa shape index (κ2) is 5.47. The van der Waals surface area contributed by atoms with Gasteiger partial charge in [-0.2, -0.15) is 0 Å². The molecule has 0 radical (unpaired) electrons. The highest BCUT2D eigenvalue weighted by Gasteiger charge is 2.22. The van der Waals surface area contributed by atoms with E-state index in [1.54, 1.807) is 0 Å². The highest BCUT2D eigenvalue weighted by molar-refractivity contribution is 5.48. The molecule has 1 saturated heterocycles. The molecule has 1 unspecified atom stereocenters. The minimum Gasteiger partial charge on any atom is -0.396 e. The smallest absolute Gasteiger partial charge is 0.133 e. The van der Waals surface area contributed by atoms with E-state index in [9.17, 15) is 5.11 Å². The van der Waals surface area contributed by atoms with Crippen LogP contribution < -0.4 is 10.6 Å². The largest absolute Gasteiger partial charge is 0.396 e. The number of hydrogen-bond donors (Lipinski definition) is 2. The molecule has 17 heavy (non-hydrogen) atoms. The van der Waals surface area contributed by atoms with Crippen molar-refractivity contribution in [3.05, 3.63) is 23.9 Å². The molecule has 2 heterocycles. The molecule has 1 aliphatic heterocycles. The molecule has 3 N–H and O–H groups in total. The molecule has 1 aliphatic rings. The zero-order chi connectivity index (χ0) is 12.3. The zero-order valence-corrected chi connectivity index (χ0v) is 10.3. The number of aromatic nitrogens is 1. The Balaban J connectivity index is 2.21. The first-order valence-electron chi connectivity index (χ1n) is 6.28. The van der Waals surface area contributed by atoms with Gasteiger partial charge in [0.05, 0.1) is 0 Å². The topological polar surface area (TPSA) is 62.4 Å². The molecule has 4 heteroatoms. The quantitative estimate of drug-likeness (QED) is 0.829. The molecule has 1 fully saturated rings. The third kappa shape index (κ3) is 2.76. The summed E-state index contributed by atoms with van der Waals surface area (Å²) < 4.78 is 0. The van der Waals surface area contributed by atoms with Crippen LogP contribution in [-0.2, 0) is 0 Å². The lowest BCUT2D eigenvalue weighted by atomic mass is 9.98. The normalized spacial score (nSPS) is 22.5. The van der Waals surface area contributed by atoms with Crippen LogP contribution in [0.5, 0.6) is 0 Å². The minimum absolute atomic E-state index is 0.00629. The maximum atomic E-state index is 9.26. The van der Waals surface area contributed by atoms with Crippen molar-refractivity contribution in [1.82, 2.24) is 4.98 Å². The molecule has 0 saturated carbocycles. The summed E-state index contributed by atoms with van der Waals surface area (Å²) in [6.07, 6.45) is 4.03. The van der Waals surface area contributed by atoms with Crippen molar-refractivity contribution >= 4 is 5.82 Å². The van der Waals surface area contributed by atoms with Crippen LogP contribution in [0, 0.1) is 5.92 Å². The van der Waals surface area contributed by atoms with Gasteiger partial charge in [-0.25, -0.2) is 4.98 Å². The fraction of sp³-hybridized carbons (Fsp3) is 0.615. The van der Waals surface area contributed by atoms with Gasteiger partial charge in [0, 0.05) is 37.5 Å². The second-order valence-corrected chi connectivity index (χ2v) is 4.84. The summed E-state index contributed by atoms with van der Waals surface area (Å²) in [7, 11) is 0. The SMILES string of the molecule is C[C@H](N)c1cccnc1N1CCCC(CO)C1. The van der Waals surface area contributed by atoms with Gasteiger partial charge in [0.15, 0.2) is 0 Å². The van der Waals surface area contributed by atoms with Gasteiger partial charge in [-0.05, 0) is 31.7 Å². The van der Waals surface area contributed by atoms with Crippen molar-refractivity contribution in [2.24, 2.45) is 11.7 Å². The lowest BCUT2D eigenvalue weighted by Crippen LogP contribution is -2.38. The van der Waals surface area contributed by atoms with E-state index in [0.29, 0.717) is 5.92 Å². The number of piperidine rings is 1.